The highest BCUT2D eigenvalue weighted by molar-refractivity contribution is 5.86. The fraction of sp³-hybridized carbons (Fsp3) is 0.714. The van der Waals surface area contributed by atoms with Crippen LogP contribution < -0.4 is 15.5 Å². The molecule has 2 atom stereocenters. The van der Waals surface area contributed by atoms with Crippen molar-refractivity contribution in [2.24, 2.45) is 11.3 Å². The summed E-state index contributed by atoms with van der Waals surface area (Å²) in [5.74, 6) is 1.79. The Morgan fingerprint density at radius 1 is 1.20 bits per heavy atom. The van der Waals surface area contributed by atoms with Crippen LogP contribution in [0.15, 0.2) is 18.3 Å². The molecule has 9 heteroatoms. The van der Waals surface area contributed by atoms with Crippen LogP contribution in [-0.4, -0.2) is 61.6 Å². The first kappa shape index (κ1) is 27.2. The summed E-state index contributed by atoms with van der Waals surface area (Å²) in [5, 5.41) is 6.66. The number of pyridine rings is 1. The van der Waals surface area contributed by atoms with Crippen LogP contribution in [0.5, 0.6) is 0 Å². The third kappa shape index (κ3) is 5.71. The number of likely N-dealkylation sites (N-methyl/N-ethyl adjacent to an activating group) is 1. The van der Waals surface area contributed by atoms with Crippen molar-refractivity contribution < 1.29 is 4.79 Å². The minimum Gasteiger partial charge on any atom is -0.354 e. The smallest absolute Gasteiger partial charge is 0.228 e. The van der Waals surface area contributed by atoms with Crippen molar-refractivity contribution in [1.82, 2.24) is 20.5 Å². The number of carbonyl (C=O) groups is 1. The normalized spacial score (nSPS) is 25.9. The summed E-state index contributed by atoms with van der Waals surface area (Å²) in [6, 6.07) is 4.21. The van der Waals surface area contributed by atoms with E-state index in [1.165, 1.54) is 19.3 Å². The van der Waals surface area contributed by atoms with Gasteiger partial charge < -0.3 is 20.4 Å². The lowest BCUT2D eigenvalue weighted by Crippen LogP contribution is -2.47. The lowest BCUT2D eigenvalue weighted by Gasteiger charge is -2.37. The molecule has 0 spiro atoms. The number of carbonyl (C=O) groups excluding carboxylic acids is 1. The number of rotatable bonds is 5. The van der Waals surface area contributed by atoms with Gasteiger partial charge in [0.05, 0.1) is 5.41 Å². The molecule has 172 valence electrons. The maximum absolute atomic E-state index is 13.0. The van der Waals surface area contributed by atoms with Crippen molar-refractivity contribution in [2.75, 3.05) is 50.7 Å². The maximum Gasteiger partial charge on any atom is 0.228 e. The Labute approximate surface area is 199 Å². The van der Waals surface area contributed by atoms with E-state index in [9.17, 15) is 4.79 Å². The zero-order valence-corrected chi connectivity index (χ0v) is 20.2. The van der Waals surface area contributed by atoms with Crippen LogP contribution in [0.2, 0.25) is 0 Å². The zero-order chi connectivity index (χ0) is 18.7. The number of piperazine rings is 1. The molecule has 3 fully saturated rings. The minimum absolute atomic E-state index is 0. The quantitative estimate of drug-likeness (QED) is 0.678. The molecule has 1 aliphatic carbocycles. The standard InChI is InChI=1S/C21H33N5O.3ClH/c1-2-25-9-11-26(12-10-25)19-7-6-17(13-23-19)14-24-20(27)21-8-4-3-5-18(21)15-22-16-21;;;/h6-7,13,18,22H,2-5,8-12,14-16H2,1H3,(H,24,27);3*1H/t18-,21+;;;/m0.../s1. The van der Waals surface area contributed by atoms with Crippen LogP contribution in [0, 0.1) is 11.3 Å². The second-order valence-corrected chi connectivity index (χ2v) is 8.36. The molecule has 1 aromatic heterocycles. The van der Waals surface area contributed by atoms with Crippen LogP contribution >= 0.6 is 37.2 Å². The van der Waals surface area contributed by atoms with Crippen molar-refractivity contribution in [3.05, 3.63) is 23.9 Å². The predicted octanol–water partition coefficient (Wildman–Crippen LogP) is 2.88. The van der Waals surface area contributed by atoms with Crippen molar-refractivity contribution in [3.63, 3.8) is 0 Å². The zero-order valence-electron chi connectivity index (χ0n) is 17.8. The Morgan fingerprint density at radius 2 is 1.97 bits per heavy atom. The molecular weight excluding hydrogens is 445 g/mol. The number of anilines is 1. The molecule has 3 aliphatic rings. The van der Waals surface area contributed by atoms with Crippen molar-refractivity contribution >= 4 is 48.9 Å². The predicted molar refractivity (Wildman–Crippen MR) is 129 cm³/mol. The van der Waals surface area contributed by atoms with Gasteiger partial charge in [-0.25, -0.2) is 4.98 Å². The van der Waals surface area contributed by atoms with Gasteiger partial charge in [0.1, 0.15) is 5.82 Å². The molecule has 2 saturated heterocycles. The summed E-state index contributed by atoms with van der Waals surface area (Å²) in [5.41, 5.74) is 0.902. The van der Waals surface area contributed by atoms with Crippen molar-refractivity contribution in [1.29, 1.82) is 0 Å². The van der Waals surface area contributed by atoms with E-state index in [1.54, 1.807) is 0 Å². The number of hydrogen-bond acceptors (Lipinski definition) is 5. The first-order valence-corrected chi connectivity index (χ1v) is 10.6. The maximum atomic E-state index is 13.0. The topological polar surface area (TPSA) is 60.5 Å². The molecule has 2 N–H and O–H groups in total. The third-order valence-electron chi connectivity index (χ3n) is 6.90. The molecule has 0 aromatic carbocycles. The largest absolute Gasteiger partial charge is 0.354 e. The second-order valence-electron chi connectivity index (χ2n) is 8.36. The molecule has 3 heterocycles. The van der Waals surface area contributed by atoms with Gasteiger partial charge in [0, 0.05) is 45.5 Å². The number of nitrogens with zero attached hydrogens (tertiary/aromatic N) is 3. The van der Waals surface area contributed by atoms with E-state index in [2.05, 4.69) is 44.5 Å². The average molecular weight is 481 g/mol. The van der Waals surface area contributed by atoms with Gasteiger partial charge in [-0.05, 0) is 43.5 Å². The van der Waals surface area contributed by atoms with Crippen LogP contribution in [0.3, 0.4) is 0 Å². The molecule has 0 unspecified atom stereocenters. The van der Waals surface area contributed by atoms with Gasteiger partial charge in [0.2, 0.25) is 5.91 Å². The minimum atomic E-state index is -0.176. The van der Waals surface area contributed by atoms with Gasteiger partial charge in [-0.3, -0.25) is 4.79 Å². The summed E-state index contributed by atoms with van der Waals surface area (Å²) in [7, 11) is 0. The Bertz CT molecular complexity index is 655. The van der Waals surface area contributed by atoms with Gasteiger partial charge in [-0.2, -0.15) is 0 Å². The van der Waals surface area contributed by atoms with Crippen LogP contribution in [0.25, 0.3) is 0 Å². The van der Waals surface area contributed by atoms with Gasteiger partial charge in [0.15, 0.2) is 0 Å². The number of halogens is 3. The van der Waals surface area contributed by atoms with E-state index >= 15 is 0 Å². The Hall–Kier alpha value is -0.790. The van der Waals surface area contributed by atoms with E-state index in [4.69, 9.17) is 0 Å². The van der Waals surface area contributed by atoms with Crippen molar-refractivity contribution in [2.45, 2.75) is 39.2 Å². The highest BCUT2D eigenvalue weighted by atomic mass is 35.5. The van der Waals surface area contributed by atoms with Gasteiger partial charge in [0.25, 0.3) is 0 Å². The second kappa shape index (κ2) is 12.3. The number of hydrogen-bond donors (Lipinski definition) is 2. The summed E-state index contributed by atoms with van der Waals surface area (Å²) >= 11 is 0. The molecule has 1 saturated carbocycles. The summed E-state index contributed by atoms with van der Waals surface area (Å²) in [4.78, 5) is 22.4. The third-order valence-corrected chi connectivity index (χ3v) is 6.90. The van der Waals surface area contributed by atoms with E-state index in [-0.39, 0.29) is 48.5 Å². The lowest BCUT2D eigenvalue weighted by molar-refractivity contribution is -0.134. The van der Waals surface area contributed by atoms with Gasteiger partial charge >= 0.3 is 0 Å². The van der Waals surface area contributed by atoms with E-state index in [1.807, 2.05) is 6.20 Å². The Balaban J connectivity index is 0.00000150. The number of nitrogens with one attached hydrogen (secondary N) is 2. The lowest BCUT2D eigenvalue weighted by atomic mass is 9.67. The molecule has 6 nitrogen and oxygen atoms in total. The molecule has 30 heavy (non-hydrogen) atoms. The number of aromatic nitrogens is 1. The first-order chi connectivity index (χ1) is 13.2. The summed E-state index contributed by atoms with van der Waals surface area (Å²) in [6.07, 6.45) is 6.57. The van der Waals surface area contributed by atoms with E-state index in [0.29, 0.717) is 12.5 Å². The van der Waals surface area contributed by atoms with Gasteiger partial charge in [-0.1, -0.05) is 25.8 Å². The van der Waals surface area contributed by atoms with Crippen LogP contribution in [0.4, 0.5) is 5.82 Å². The monoisotopic (exact) mass is 479 g/mol. The molecule has 0 bridgehead atoms. The number of amides is 1. The molecule has 0 radical (unpaired) electrons. The first-order valence-electron chi connectivity index (χ1n) is 10.6. The Kier molecular flexibility index (Phi) is 11.2. The molecule has 2 aliphatic heterocycles. The fourth-order valence-electron chi connectivity index (χ4n) is 5.05. The van der Waals surface area contributed by atoms with Crippen molar-refractivity contribution in [3.8, 4) is 0 Å². The molecule has 1 amide bonds. The highest BCUT2D eigenvalue weighted by Crippen LogP contribution is 2.43. The number of fused-ring (bicyclic) bond motifs is 1. The molecule has 4 rings (SSSR count). The van der Waals surface area contributed by atoms with Crippen LogP contribution in [0.1, 0.15) is 38.2 Å². The Morgan fingerprint density at radius 3 is 2.63 bits per heavy atom. The summed E-state index contributed by atoms with van der Waals surface area (Å²) < 4.78 is 0. The molecule has 1 aromatic rings. The van der Waals surface area contributed by atoms with E-state index in [0.717, 1.165) is 63.6 Å². The average Bonchev–Trinajstić information content (AvgIpc) is 3.18. The highest BCUT2D eigenvalue weighted by Gasteiger charge is 2.49. The van der Waals surface area contributed by atoms with Gasteiger partial charge in [-0.15, -0.1) is 37.2 Å². The van der Waals surface area contributed by atoms with E-state index < -0.39 is 0 Å². The summed E-state index contributed by atoms with van der Waals surface area (Å²) in [6.45, 7) is 10.0. The fourth-order valence-corrected chi connectivity index (χ4v) is 5.05. The SMILES string of the molecule is CCN1CCN(c2ccc(CNC(=O)[C@@]34CCCC[C@H]3CNC4)cn2)CC1.Cl.Cl.Cl. The van der Waals surface area contributed by atoms with Crippen LogP contribution in [-0.2, 0) is 11.3 Å². The molecular formula is C21H36Cl3N5O.